The average molecular weight is 367 g/mol. The standard InChI is InChI=1S/C21H21NO5/c1-26-20(24)19-10-13(23)11-22(19)21(25)27-12-18-16-8-4-2-6-14(16)15-7-3-5-9-17(15)18/h2-9,13,18-19,23H,10-12H2,1H3/t13?,19-/m0/s1. The molecule has 2 atom stereocenters. The molecule has 1 N–H and O–H groups in total. The molecule has 2 aromatic carbocycles. The summed E-state index contributed by atoms with van der Waals surface area (Å²) >= 11 is 0. The summed E-state index contributed by atoms with van der Waals surface area (Å²) in [4.78, 5) is 25.7. The summed E-state index contributed by atoms with van der Waals surface area (Å²) in [6, 6.07) is 15.4. The van der Waals surface area contributed by atoms with E-state index in [9.17, 15) is 14.7 Å². The Morgan fingerprint density at radius 1 is 1.07 bits per heavy atom. The lowest BCUT2D eigenvalue weighted by atomic mass is 9.98. The first-order valence-electron chi connectivity index (χ1n) is 8.97. The Labute approximate surface area is 157 Å². The summed E-state index contributed by atoms with van der Waals surface area (Å²) in [7, 11) is 1.27. The van der Waals surface area contributed by atoms with Crippen LogP contribution >= 0.6 is 0 Å². The van der Waals surface area contributed by atoms with E-state index in [1.165, 1.54) is 12.0 Å². The van der Waals surface area contributed by atoms with Gasteiger partial charge in [0.15, 0.2) is 0 Å². The Morgan fingerprint density at radius 3 is 2.26 bits per heavy atom. The largest absolute Gasteiger partial charge is 0.467 e. The first-order chi connectivity index (χ1) is 13.1. The number of carbonyl (C=O) groups is 2. The quantitative estimate of drug-likeness (QED) is 0.844. The van der Waals surface area contributed by atoms with Gasteiger partial charge >= 0.3 is 12.1 Å². The van der Waals surface area contributed by atoms with Crippen molar-refractivity contribution in [2.24, 2.45) is 0 Å². The van der Waals surface area contributed by atoms with Crippen LogP contribution < -0.4 is 0 Å². The molecular formula is C21H21NO5. The van der Waals surface area contributed by atoms with Crippen molar-refractivity contribution in [3.8, 4) is 11.1 Å². The van der Waals surface area contributed by atoms with Gasteiger partial charge in [-0.15, -0.1) is 0 Å². The maximum atomic E-state index is 12.6. The van der Waals surface area contributed by atoms with Crippen LogP contribution in [0.2, 0.25) is 0 Å². The van der Waals surface area contributed by atoms with Gasteiger partial charge in [0.2, 0.25) is 0 Å². The Balaban J connectivity index is 1.52. The number of methoxy groups -OCH3 is 1. The van der Waals surface area contributed by atoms with E-state index >= 15 is 0 Å². The second kappa shape index (κ2) is 7.04. The van der Waals surface area contributed by atoms with Gasteiger partial charge in [-0.05, 0) is 22.3 Å². The van der Waals surface area contributed by atoms with Crippen molar-refractivity contribution >= 4 is 12.1 Å². The van der Waals surface area contributed by atoms with E-state index in [0.29, 0.717) is 0 Å². The summed E-state index contributed by atoms with van der Waals surface area (Å²) in [6.07, 6.45) is -1.20. The number of aliphatic hydroxyl groups is 1. The summed E-state index contributed by atoms with van der Waals surface area (Å²) in [5, 5.41) is 9.85. The number of fused-ring (bicyclic) bond motifs is 3. The number of aliphatic hydroxyl groups excluding tert-OH is 1. The first kappa shape index (κ1) is 17.5. The van der Waals surface area contributed by atoms with Crippen LogP contribution in [0.3, 0.4) is 0 Å². The summed E-state index contributed by atoms with van der Waals surface area (Å²) in [5.41, 5.74) is 4.55. The molecule has 1 heterocycles. The highest BCUT2D eigenvalue weighted by Gasteiger charge is 2.41. The van der Waals surface area contributed by atoms with E-state index < -0.39 is 24.2 Å². The average Bonchev–Trinajstić information content (AvgIpc) is 3.24. The number of nitrogens with zero attached hydrogens (tertiary/aromatic N) is 1. The number of rotatable bonds is 3. The Bertz CT molecular complexity index is 835. The minimum absolute atomic E-state index is 0.0505. The number of benzene rings is 2. The molecular weight excluding hydrogens is 346 g/mol. The topological polar surface area (TPSA) is 76.1 Å². The number of amides is 1. The smallest absolute Gasteiger partial charge is 0.410 e. The van der Waals surface area contributed by atoms with Gasteiger partial charge < -0.3 is 14.6 Å². The second-order valence-electron chi connectivity index (χ2n) is 6.88. The molecule has 1 saturated heterocycles. The van der Waals surface area contributed by atoms with Gasteiger partial charge in [0.1, 0.15) is 12.6 Å². The second-order valence-corrected chi connectivity index (χ2v) is 6.88. The minimum Gasteiger partial charge on any atom is -0.467 e. The lowest BCUT2D eigenvalue weighted by molar-refractivity contribution is -0.145. The van der Waals surface area contributed by atoms with Crippen LogP contribution in [0, 0.1) is 0 Å². The van der Waals surface area contributed by atoms with Crippen molar-refractivity contribution < 1.29 is 24.2 Å². The molecule has 140 valence electrons. The zero-order valence-corrected chi connectivity index (χ0v) is 15.0. The minimum atomic E-state index is -0.805. The van der Waals surface area contributed by atoms with E-state index in [0.717, 1.165) is 22.3 Å². The highest BCUT2D eigenvalue weighted by atomic mass is 16.6. The van der Waals surface area contributed by atoms with Gasteiger partial charge in [-0.25, -0.2) is 9.59 Å². The van der Waals surface area contributed by atoms with Crippen LogP contribution in [0.5, 0.6) is 0 Å². The Morgan fingerprint density at radius 2 is 1.67 bits per heavy atom. The third-order valence-corrected chi connectivity index (χ3v) is 5.32. The molecule has 1 amide bonds. The molecule has 2 aliphatic rings. The van der Waals surface area contributed by atoms with E-state index in [2.05, 4.69) is 12.1 Å². The van der Waals surface area contributed by atoms with E-state index in [4.69, 9.17) is 9.47 Å². The lowest BCUT2D eigenvalue weighted by Gasteiger charge is -2.23. The predicted molar refractivity (Wildman–Crippen MR) is 98.2 cm³/mol. The van der Waals surface area contributed by atoms with Crippen LogP contribution in [0.4, 0.5) is 4.79 Å². The molecule has 0 bridgehead atoms. The number of likely N-dealkylation sites (tertiary alicyclic amines) is 1. The molecule has 27 heavy (non-hydrogen) atoms. The third kappa shape index (κ3) is 3.06. The first-order valence-corrected chi connectivity index (χ1v) is 8.97. The highest BCUT2D eigenvalue weighted by molar-refractivity contribution is 5.82. The number of hydrogen-bond donors (Lipinski definition) is 1. The SMILES string of the molecule is COC(=O)[C@@H]1CC(O)CN1C(=O)OCC1c2ccccc2-c2ccccc21. The van der Waals surface area contributed by atoms with Gasteiger partial charge in [-0.1, -0.05) is 48.5 Å². The summed E-state index contributed by atoms with van der Waals surface area (Å²) < 4.78 is 10.3. The normalized spacial score (nSPS) is 20.9. The fourth-order valence-corrected chi connectivity index (χ4v) is 4.05. The van der Waals surface area contributed by atoms with Crippen LogP contribution in [0.1, 0.15) is 23.5 Å². The number of β-amino-alcohol motifs (C(OH)–C–C–N with tert-alkyl or cyclic N) is 1. The van der Waals surface area contributed by atoms with Crippen molar-refractivity contribution in [2.75, 3.05) is 20.3 Å². The zero-order chi connectivity index (χ0) is 19.0. The summed E-state index contributed by atoms with van der Waals surface area (Å²) in [5.74, 6) is -0.592. The number of hydrogen-bond acceptors (Lipinski definition) is 5. The van der Waals surface area contributed by atoms with Crippen molar-refractivity contribution in [2.45, 2.75) is 24.5 Å². The van der Waals surface area contributed by atoms with Gasteiger partial charge in [-0.3, -0.25) is 4.90 Å². The van der Waals surface area contributed by atoms with Crippen molar-refractivity contribution in [3.63, 3.8) is 0 Å². The molecule has 0 spiro atoms. The number of ether oxygens (including phenoxy) is 2. The Kier molecular flexibility index (Phi) is 4.58. The maximum Gasteiger partial charge on any atom is 0.410 e. The molecule has 2 aromatic rings. The van der Waals surface area contributed by atoms with E-state index in [1.807, 2.05) is 36.4 Å². The molecule has 1 unspecified atom stereocenters. The van der Waals surface area contributed by atoms with Gasteiger partial charge in [0, 0.05) is 12.3 Å². The van der Waals surface area contributed by atoms with Crippen LogP contribution in [-0.4, -0.2) is 54.5 Å². The van der Waals surface area contributed by atoms with Crippen LogP contribution in [-0.2, 0) is 14.3 Å². The summed E-state index contributed by atoms with van der Waals surface area (Å²) in [6.45, 7) is 0.240. The highest BCUT2D eigenvalue weighted by Crippen LogP contribution is 2.44. The van der Waals surface area contributed by atoms with Gasteiger partial charge in [0.05, 0.1) is 19.8 Å². The number of carbonyl (C=O) groups excluding carboxylic acids is 2. The molecule has 0 saturated carbocycles. The third-order valence-electron chi connectivity index (χ3n) is 5.32. The van der Waals surface area contributed by atoms with Gasteiger partial charge in [-0.2, -0.15) is 0 Å². The zero-order valence-electron chi connectivity index (χ0n) is 15.0. The molecule has 1 aliphatic carbocycles. The monoisotopic (exact) mass is 367 g/mol. The van der Waals surface area contributed by atoms with E-state index in [-0.39, 0.29) is 25.5 Å². The molecule has 6 nitrogen and oxygen atoms in total. The molecule has 6 heteroatoms. The van der Waals surface area contributed by atoms with Crippen LogP contribution in [0.25, 0.3) is 11.1 Å². The van der Waals surface area contributed by atoms with E-state index in [1.54, 1.807) is 0 Å². The molecule has 1 aliphatic heterocycles. The fraction of sp³-hybridized carbons (Fsp3) is 0.333. The molecule has 1 fully saturated rings. The lowest BCUT2D eigenvalue weighted by Crippen LogP contribution is -2.41. The van der Waals surface area contributed by atoms with Crippen molar-refractivity contribution in [1.82, 2.24) is 4.90 Å². The predicted octanol–water partition coefficient (Wildman–Crippen LogP) is 2.54. The molecule has 0 aromatic heterocycles. The molecule has 0 radical (unpaired) electrons. The van der Waals surface area contributed by atoms with Crippen molar-refractivity contribution in [3.05, 3.63) is 59.7 Å². The van der Waals surface area contributed by atoms with Gasteiger partial charge in [0.25, 0.3) is 0 Å². The van der Waals surface area contributed by atoms with Crippen LogP contribution in [0.15, 0.2) is 48.5 Å². The number of esters is 1. The van der Waals surface area contributed by atoms with Crippen molar-refractivity contribution in [1.29, 1.82) is 0 Å². The Hall–Kier alpha value is -2.86. The maximum absolute atomic E-state index is 12.6. The fourth-order valence-electron chi connectivity index (χ4n) is 4.05. The molecule has 4 rings (SSSR count).